The minimum Gasteiger partial charge on any atom is -0.480 e. The zero-order chi connectivity index (χ0) is 19.2. The summed E-state index contributed by atoms with van der Waals surface area (Å²) in [5.74, 6) is -0.786. The molecular weight excluding hydrogens is 346 g/mol. The summed E-state index contributed by atoms with van der Waals surface area (Å²) in [6.07, 6.45) is 6.76. The number of nitro benzene ring substituents is 1. The first-order chi connectivity index (χ1) is 13.0. The Morgan fingerprint density at radius 1 is 1.19 bits per heavy atom. The second-order valence-corrected chi connectivity index (χ2v) is 6.19. The molecule has 0 spiro atoms. The van der Waals surface area contributed by atoms with E-state index in [1.165, 1.54) is 12.1 Å². The van der Waals surface area contributed by atoms with Gasteiger partial charge in [-0.3, -0.25) is 15.1 Å². The molecule has 27 heavy (non-hydrogen) atoms. The fourth-order valence-corrected chi connectivity index (χ4v) is 3.05. The molecule has 1 aliphatic rings. The van der Waals surface area contributed by atoms with Crippen molar-refractivity contribution in [2.75, 3.05) is 11.4 Å². The second kappa shape index (κ2) is 8.27. The molecule has 0 unspecified atom stereocenters. The van der Waals surface area contributed by atoms with Gasteiger partial charge < -0.3 is 10.0 Å². The van der Waals surface area contributed by atoms with Crippen molar-refractivity contribution >= 4 is 35.3 Å². The zero-order valence-corrected chi connectivity index (χ0v) is 14.6. The Bertz CT molecular complexity index is 873. The number of rotatable bonds is 6. The summed E-state index contributed by atoms with van der Waals surface area (Å²) in [5, 5.41) is 19.9. The number of carbonyl (C=O) groups is 1. The molecule has 0 bridgehead atoms. The third kappa shape index (κ3) is 4.58. The molecule has 0 aliphatic carbocycles. The zero-order valence-electron chi connectivity index (χ0n) is 14.6. The molecule has 1 fully saturated rings. The molecule has 0 amide bonds. The van der Waals surface area contributed by atoms with Gasteiger partial charge in [0.05, 0.1) is 10.6 Å². The first-order valence-electron chi connectivity index (χ1n) is 8.59. The van der Waals surface area contributed by atoms with Gasteiger partial charge in [-0.05, 0) is 60.9 Å². The van der Waals surface area contributed by atoms with Crippen LogP contribution in [0.2, 0.25) is 0 Å². The molecule has 2 aromatic carbocycles. The number of nitro groups is 1. The van der Waals surface area contributed by atoms with E-state index in [1.807, 2.05) is 35.2 Å². The third-order valence-corrected chi connectivity index (χ3v) is 4.42. The van der Waals surface area contributed by atoms with Crippen LogP contribution in [0.3, 0.4) is 0 Å². The number of carboxylic acids is 1. The van der Waals surface area contributed by atoms with E-state index in [-0.39, 0.29) is 5.69 Å². The molecule has 1 saturated heterocycles. The van der Waals surface area contributed by atoms with Crippen molar-refractivity contribution < 1.29 is 14.8 Å². The smallest absolute Gasteiger partial charge is 0.326 e. The van der Waals surface area contributed by atoms with Crippen LogP contribution >= 0.6 is 0 Å². The van der Waals surface area contributed by atoms with E-state index >= 15 is 0 Å². The fraction of sp³-hybridized carbons (Fsp3) is 0.200. The molecule has 0 saturated carbocycles. The maximum Gasteiger partial charge on any atom is 0.326 e. The van der Waals surface area contributed by atoms with Crippen LogP contribution in [0.15, 0.2) is 59.6 Å². The van der Waals surface area contributed by atoms with Crippen molar-refractivity contribution in [3.63, 3.8) is 0 Å². The van der Waals surface area contributed by atoms with Crippen LogP contribution in [0.4, 0.5) is 17.1 Å². The number of aliphatic carboxylic acids is 1. The molecule has 1 N–H and O–H groups in total. The van der Waals surface area contributed by atoms with E-state index in [1.54, 1.807) is 24.4 Å². The lowest BCUT2D eigenvalue weighted by atomic mass is 10.2. The number of allylic oxidation sites excluding steroid dienone is 1. The highest BCUT2D eigenvalue weighted by molar-refractivity contribution is 5.81. The maximum atomic E-state index is 11.3. The Labute approximate surface area is 156 Å². The van der Waals surface area contributed by atoms with Gasteiger partial charge in [-0.15, -0.1) is 0 Å². The van der Waals surface area contributed by atoms with Crippen LogP contribution < -0.4 is 4.90 Å². The monoisotopic (exact) mass is 365 g/mol. The summed E-state index contributed by atoms with van der Waals surface area (Å²) < 4.78 is 0. The second-order valence-electron chi connectivity index (χ2n) is 6.19. The van der Waals surface area contributed by atoms with Gasteiger partial charge >= 0.3 is 5.97 Å². The van der Waals surface area contributed by atoms with Crippen molar-refractivity contribution in [3.8, 4) is 0 Å². The topological polar surface area (TPSA) is 96.0 Å². The number of carboxylic acid groups (broad SMARTS) is 1. The molecule has 3 rings (SSSR count). The highest BCUT2D eigenvalue weighted by Crippen LogP contribution is 2.27. The highest BCUT2D eigenvalue weighted by atomic mass is 16.6. The summed E-state index contributed by atoms with van der Waals surface area (Å²) in [6.45, 7) is 0.748. The Kier molecular flexibility index (Phi) is 5.61. The van der Waals surface area contributed by atoms with E-state index in [9.17, 15) is 20.0 Å². The average molecular weight is 365 g/mol. The fourth-order valence-electron chi connectivity index (χ4n) is 3.05. The van der Waals surface area contributed by atoms with Crippen molar-refractivity contribution in [2.45, 2.75) is 18.9 Å². The van der Waals surface area contributed by atoms with E-state index in [0.717, 1.165) is 29.9 Å². The van der Waals surface area contributed by atoms with Gasteiger partial charge in [0.1, 0.15) is 6.04 Å². The van der Waals surface area contributed by atoms with Crippen molar-refractivity contribution in [1.82, 2.24) is 0 Å². The number of nitrogens with zero attached hydrogens (tertiary/aromatic N) is 3. The predicted molar refractivity (Wildman–Crippen MR) is 105 cm³/mol. The quantitative estimate of drug-likeness (QED) is 0.473. The first-order valence-corrected chi connectivity index (χ1v) is 8.59. The number of aliphatic imine (C=N–C) groups is 1. The van der Waals surface area contributed by atoms with Gasteiger partial charge in [0.25, 0.3) is 5.69 Å². The first kappa shape index (κ1) is 18.3. The average Bonchev–Trinajstić information content (AvgIpc) is 3.16. The van der Waals surface area contributed by atoms with Crippen molar-refractivity contribution in [1.29, 1.82) is 0 Å². The Morgan fingerprint density at radius 2 is 1.89 bits per heavy atom. The minimum atomic E-state index is -0.786. The molecular formula is C20H19N3O4. The van der Waals surface area contributed by atoms with E-state index in [4.69, 9.17) is 0 Å². The Hall–Kier alpha value is -3.48. The third-order valence-electron chi connectivity index (χ3n) is 4.42. The van der Waals surface area contributed by atoms with Crippen LogP contribution in [-0.2, 0) is 4.79 Å². The van der Waals surface area contributed by atoms with Crippen LogP contribution in [0, 0.1) is 10.1 Å². The van der Waals surface area contributed by atoms with Gasteiger partial charge in [0.2, 0.25) is 0 Å². The molecule has 7 nitrogen and oxygen atoms in total. The summed E-state index contributed by atoms with van der Waals surface area (Å²) >= 11 is 0. The molecule has 138 valence electrons. The summed E-state index contributed by atoms with van der Waals surface area (Å²) in [5.41, 5.74) is 2.55. The molecule has 0 aromatic heterocycles. The van der Waals surface area contributed by atoms with Gasteiger partial charge in [0, 0.05) is 30.6 Å². The van der Waals surface area contributed by atoms with Crippen molar-refractivity contribution in [2.24, 2.45) is 4.99 Å². The lowest BCUT2D eigenvalue weighted by Gasteiger charge is -2.23. The van der Waals surface area contributed by atoms with Gasteiger partial charge in [0.15, 0.2) is 0 Å². The van der Waals surface area contributed by atoms with Gasteiger partial charge in [-0.25, -0.2) is 4.79 Å². The molecule has 1 aliphatic heterocycles. The maximum absolute atomic E-state index is 11.3. The van der Waals surface area contributed by atoms with E-state index in [2.05, 4.69) is 4.99 Å². The highest BCUT2D eigenvalue weighted by Gasteiger charge is 2.30. The Morgan fingerprint density at radius 3 is 2.52 bits per heavy atom. The van der Waals surface area contributed by atoms with E-state index in [0.29, 0.717) is 6.42 Å². The minimum absolute atomic E-state index is 0.0593. The molecule has 7 heteroatoms. The molecule has 1 atom stereocenters. The number of anilines is 1. The lowest BCUT2D eigenvalue weighted by molar-refractivity contribution is -0.384. The molecule has 1 heterocycles. The summed E-state index contributed by atoms with van der Waals surface area (Å²) in [4.78, 5) is 27.7. The van der Waals surface area contributed by atoms with E-state index < -0.39 is 16.9 Å². The summed E-state index contributed by atoms with van der Waals surface area (Å²) in [7, 11) is 0. The van der Waals surface area contributed by atoms with Gasteiger partial charge in [-0.1, -0.05) is 6.08 Å². The van der Waals surface area contributed by atoms with Crippen LogP contribution in [-0.4, -0.2) is 34.8 Å². The SMILES string of the molecule is O=C(O)[C@@H]1CCCN1c1ccc(N=C/C=C/c2ccc([N+](=O)[O-])cc2)cc1. The largest absolute Gasteiger partial charge is 0.480 e. The van der Waals surface area contributed by atoms with Crippen LogP contribution in [0.5, 0.6) is 0 Å². The molecule has 0 radical (unpaired) electrons. The standard InChI is InChI=1S/C20H19N3O4/c24-20(25)19-4-2-14-22(19)17-11-7-16(8-12-17)21-13-1-3-15-5-9-18(10-6-15)23(26)27/h1,3,5-13,19H,2,4,14H2,(H,24,25)/b3-1+,21-13?/t19-/m0/s1. The number of benzene rings is 2. The van der Waals surface area contributed by atoms with Crippen LogP contribution in [0.1, 0.15) is 18.4 Å². The van der Waals surface area contributed by atoms with Gasteiger partial charge in [-0.2, -0.15) is 0 Å². The summed E-state index contributed by atoms with van der Waals surface area (Å²) in [6, 6.07) is 13.3. The van der Waals surface area contributed by atoms with Crippen molar-refractivity contribution in [3.05, 3.63) is 70.3 Å². The lowest BCUT2D eigenvalue weighted by Crippen LogP contribution is -2.35. The Balaban J connectivity index is 1.61. The van der Waals surface area contributed by atoms with Crippen LogP contribution in [0.25, 0.3) is 6.08 Å². The predicted octanol–water partition coefficient (Wildman–Crippen LogP) is 4.06. The molecule has 2 aromatic rings. The number of hydrogen-bond acceptors (Lipinski definition) is 5. The normalized spacial score (nSPS) is 17.0. The number of hydrogen-bond donors (Lipinski definition) is 1. The number of non-ortho nitro benzene ring substituents is 1.